The first kappa shape index (κ1) is 32.8. The molecule has 0 aromatic carbocycles. The van der Waals surface area contributed by atoms with Crippen molar-refractivity contribution >= 4 is 45.6 Å². The molecule has 1 aliphatic rings. The molecule has 16 heteroatoms. The van der Waals surface area contributed by atoms with Crippen molar-refractivity contribution in [2.45, 2.75) is 67.4 Å². The molecule has 1 fully saturated rings. The molecule has 0 aliphatic carbocycles. The lowest BCUT2D eigenvalue weighted by atomic mass is 9.96. The Morgan fingerprint density at radius 2 is 1.55 bits per heavy atom. The number of sulfone groups is 1. The van der Waals surface area contributed by atoms with E-state index in [1.165, 1.54) is 6.92 Å². The van der Waals surface area contributed by atoms with E-state index in [-0.39, 0.29) is 24.4 Å². The van der Waals surface area contributed by atoms with Gasteiger partial charge in [0.1, 0.15) is 12.6 Å². The second-order valence-corrected chi connectivity index (χ2v) is 12.9. The van der Waals surface area contributed by atoms with Gasteiger partial charge >= 0.3 is 12.1 Å². The third-order valence-corrected chi connectivity index (χ3v) is 6.50. The highest BCUT2D eigenvalue weighted by Crippen LogP contribution is 2.17. The number of hydrazine groups is 1. The number of carbonyl (C=O) groups excluding carboxylic acids is 6. The topological polar surface area (TPSA) is 195 Å². The van der Waals surface area contributed by atoms with Crippen molar-refractivity contribution in [3.63, 3.8) is 0 Å². The Bertz CT molecular complexity index is 1000. The van der Waals surface area contributed by atoms with Crippen LogP contribution in [0.3, 0.4) is 0 Å². The standard InChI is InChI=1S/C22H36N4O11S/c1-14(35-20(32)37-26-16(28)8-9-17(26)29)13-38(33,34)11-10-23-15(27)12-25(24-18(30)21(2,3)4)36-19(31)22(5,6)7/h14H,8-13H2,1-7H3,(H,23,27)(H,24,30). The van der Waals surface area contributed by atoms with E-state index in [0.717, 1.165) is 0 Å². The average molecular weight is 565 g/mol. The minimum absolute atomic E-state index is 0.110. The molecule has 1 heterocycles. The molecule has 0 spiro atoms. The summed E-state index contributed by atoms with van der Waals surface area (Å²) >= 11 is 0. The van der Waals surface area contributed by atoms with Crippen LogP contribution >= 0.6 is 0 Å². The van der Waals surface area contributed by atoms with E-state index in [0.29, 0.717) is 5.17 Å². The fourth-order valence-corrected chi connectivity index (χ4v) is 3.90. The molecule has 1 saturated heterocycles. The van der Waals surface area contributed by atoms with Crippen LogP contribution < -0.4 is 10.7 Å². The lowest BCUT2D eigenvalue weighted by molar-refractivity contribution is -0.217. The van der Waals surface area contributed by atoms with E-state index in [1.807, 2.05) is 0 Å². The third kappa shape index (κ3) is 11.4. The van der Waals surface area contributed by atoms with Crippen LogP contribution in [0.5, 0.6) is 0 Å². The van der Waals surface area contributed by atoms with E-state index >= 15 is 0 Å². The molecule has 216 valence electrons. The van der Waals surface area contributed by atoms with Gasteiger partial charge in [0.2, 0.25) is 11.8 Å². The van der Waals surface area contributed by atoms with Gasteiger partial charge in [-0.2, -0.15) is 0 Å². The maximum atomic E-state index is 12.4. The zero-order valence-electron chi connectivity index (χ0n) is 22.6. The Morgan fingerprint density at radius 3 is 2.05 bits per heavy atom. The number of imide groups is 1. The maximum Gasteiger partial charge on any atom is 0.534 e. The Morgan fingerprint density at radius 1 is 1.00 bits per heavy atom. The predicted molar refractivity (Wildman–Crippen MR) is 130 cm³/mol. The zero-order valence-corrected chi connectivity index (χ0v) is 23.4. The van der Waals surface area contributed by atoms with Crippen LogP contribution in [0.15, 0.2) is 0 Å². The van der Waals surface area contributed by atoms with Crippen molar-refractivity contribution in [2.75, 3.05) is 24.6 Å². The Kier molecular flexibility index (Phi) is 11.2. The predicted octanol–water partition coefficient (Wildman–Crippen LogP) is 0.00670. The lowest BCUT2D eigenvalue weighted by Gasteiger charge is -2.27. The van der Waals surface area contributed by atoms with Gasteiger partial charge in [0.15, 0.2) is 9.84 Å². The summed E-state index contributed by atoms with van der Waals surface area (Å²) in [5.41, 5.74) is 0.549. The van der Waals surface area contributed by atoms with Gasteiger partial charge in [-0.25, -0.2) is 18.0 Å². The molecular weight excluding hydrogens is 528 g/mol. The molecule has 1 rings (SSSR count). The van der Waals surface area contributed by atoms with E-state index in [1.54, 1.807) is 41.5 Å². The van der Waals surface area contributed by atoms with Gasteiger partial charge in [-0.05, 0) is 32.9 Å². The molecule has 2 N–H and O–H groups in total. The fourth-order valence-electron chi connectivity index (χ4n) is 2.54. The first-order valence-electron chi connectivity index (χ1n) is 11.7. The van der Waals surface area contributed by atoms with Crippen molar-refractivity contribution in [1.82, 2.24) is 21.0 Å². The summed E-state index contributed by atoms with van der Waals surface area (Å²) < 4.78 is 29.5. The normalized spacial score (nSPS) is 15.2. The van der Waals surface area contributed by atoms with Crippen LogP contribution in [-0.2, 0) is 48.2 Å². The average Bonchev–Trinajstić information content (AvgIpc) is 3.03. The van der Waals surface area contributed by atoms with Gasteiger partial charge in [0.05, 0.1) is 16.9 Å². The van der Waals surface area contributed by atoms with E-state index < -0.39 is 80.6 Å². The van der Waals surface area contributed by atoms with Crippen molar-refractivity contribution in [2.24, 2.45) is 10.8 Å². The van der Waals surface area contributed by atoms with Crippen LogP contribution in [0.25, 0.3) is 0 Å². The molecule has 0 aromatic rings. The fraction of sp³-hybridized carbons (Fsp3) is 0.727. The highest BCUT2D eigenvalue weighted by molar-refractivity contribution is 7.91. The van der Waals surface area contributed by atoms with Crippen LogP contribution in [0.4, 0.5) is 4.79 Å². The van der Waals surface area contributed by atoms with Gasteiger partial charge in [-0.1, -0.05) is 25.8 Å². The molecular formula is C22H36N4O11S. The summed E-state index contributed by atoms with van der Waals surface area (Å²) in [5, 5.41) is 3.30. The first-order chi connectivity index (χ1) is 17.2. The second-order valence-electron chi connectivity index (χ2n) is 10.7. The Labute approximate surface area is 221 Å². The molecule has 1 atom stereocenters. The van der Waals surface area contributed by atoms with Crippen LogP contribution in [0.1, 0.15) is 61.3 Å². The Balaban J connectivity index is 2.58. The van der Waals surface area contributed by atoms with E-state index in [4.69, 9.17) is 9.57 Å². The number of rotatable bonds is 11. The largest absolute Gasteiger partial charge is 0.534 e. The third-order valence-electron chi connectivity index (χ3n) is 4.69. The summed E-state index contributed by atoms with van der Waals surface area (Å²) in [5.74, 6) is -4.57. The monoisotopic (exact) mass is 564 g/mol. The van der Waals surface area contributed by atoms with Crippen LogP contribution in [0, 0.1) is 10.8 Å². The summed E-state index contributed by atoms with van der Waals surface area (Å²) in [4.78, 5) is 81.2. The summed E-state index contributed by atoms with van der Waals surface area (Å²) in [6.45, 7) is 9.93. The number of amides is 4. The molecule has 0 saturated carbocycles. The van der Waals surface area contributed by atoms with Crippen molar-refractivity contribution < 1.29 is 51.6 Å². The van der Waals surface area contributed by atoms with Crippen molar-refractivity contribution in [1.29, 1.82) is 0 Å². The molecule has 4 amide bonds. The number of hydroxylamine groups is 3. The van der Waals surface area contributed by atoms with Crippen molar-refractivity contribution in [3.05, 3.63) is 0 Å². The number of nitrogens with one attached hydrogen (secondary N) is 2. The summed E-state index contributed by atoms with van der Waals surface area (Å²) in [7, 11) is -3.84. The van der Waals surface area contributed by atoms with Gasteiger partial charge in [0, 0.05) is 24.8 Å². The minimum Gasteiger partial charge on any atom is -0.429 e. The molecule has 38 heavy (non-hydrogen) atoms. The zero-order chi connectivity index (χ0) is 29.5. The number of nitrogens with zero attached hydrogens (tertiary/aromatic N) is 2. The highest BCUT2D eigenvalue weighted by Gasteiger charge is 2.34. The number of hydrogen-bond donors (Lipinski definition) is 2. The van der Waals surface area contributed by atoms with Crippen molar-refractivity contribution in [3.8, 4) is 0 Å². The number of ether oxygens (including phenoxy) is 1. The molecule has 15 nitrogen and oxygen atoms in total. The molecule has 0 radical (unpaired) electrons. The van der Waals surface area contributed by atoms with E-state index in [2.05, 4.69) is 15.6 Å². The first-order valence-corrected chi connectivity index (χ1v) is 13.6. The quantitative estimate of drug-likeness (QED) is 0.194. The lowest BCUT2D eigenvalue weighted by Crippen LogP contribution is -2.52. The molecule has 1 unspecified atom stereocenters. The van der Waals surface area contributed by atoms with E-state index in [9.17, 15) is 37.2 Å². The smallest absolute Gasteiger partial charge is 0.429 e. The Hall–Kier alpha value is -3.27. The van der Waals surface area contributed by atoms with Gasteiger partial charge in [0.25, 0.3) is 11.8 Å². The minimum atomic E-state index is -3.84. The SMILES string of the molecule is CC(CS(=O)(=O)CCNC(=O)CN(NC(=O)C(C)(C)C)OC(=O)C(C)(C)C)OC(=O)ON1C(=O)CCC1=O. The molecule has 1 aliphatic heterocycles. The number of hydrogen-bond acceptors (Lipinski definition) is 12. The summed E-state index contributed by atoms with van der Waals surface area (Å²) in [6, 6.07) is 0. The van der Waals surface area contributed by atoms with Gasteiger partial charge in [-0.15, -0.1) is 0 Å². The van der Waals surface area contributed by atoms with Crippen LogP contribution in [0.2, 0.25) is 0 Å². The van der Waals surface area contributed by atoms with Gasteiger partial charge < -0.3 is 14.9 Å². The van der Waals surface area contributed by atoms with Gasteiger partial charge in [-0.3, -0.25) is 29.4 Å². The second kappa shape index (κ2) is 13.0. The summed E-state index contributed by atoms with van der Waals surface area (Å²) in [6.07, 6.45) is -2.81. The molecule has 0 bridgehead atoms. The number of carbonyl (C=O) groups is 6. The van der Waals surface area contributed by atoms with Crippen LogP contribution in [-0.4, -0.2) is 85.1 Å². The maximum absolute atomic E-state index is 12.4. The highest BCUT2D eigenvalue weighted by atomic mass is 32.2. The molecule has 0 aromatic heterocycles.